The predicted octanol–water partition coefficient (Wildman–Crippen LogP) is 3.41. The second-order valence-corrected chi connectivity index (χ2v) is 5.69. The zero-order valence-corrected chi connectivity index (χ0v) is 13.5. The summed E-state index contributed by atoms with van der Waals surface area (Å²) in [4.78, 5) is 12.3. The lowest BCUT2D eigenvalue weighted by molar-refractivity contribution is -0.121. The van der Waals surface area contributed by atoms with Gasteiger partial charge in [0.25, 0.3) is 0 Å². The Balaban J connectivity index is 1.64. The Morgan fingerprint density at radius 2 is 2.08 bits per heavy atom. The molecular weight excluding hydrogens is 309 g/mol. The number of ether oxygens (including phenoxy) is 2. The Labute approximate surface area is 140 Å². The highest BCUT2D eigenvalue weighted by molar-refractivity contribution is 5.79. The maximum absolute atomic E-state index is 13.5. The van der Waals surface area contributed by atoms with Gasteiger partial charge in [0, 0.05) is 12.0 Å². The molecule has 1 aliphatic rings. The van der Waals surface area contributed by atoms with Crippen LogP contribution in [0, 0.1) is 5.82 Å². The van der Waals surface area contributed by atoms with Crippen LogP contribution >= 0.6 is 0 Å². The normalized spacial score (nSPS) is 16.0. The molecule has 1 unspecified atom stereocenters. The fourth-order valence-electron chi connectivity index (χ4n) is 2.82. The molecule has 3 rings (SSSR count). The molecule has 0 bridgehead atoms. The SMILES string of the molecule is CCOc1ccc(CC(=O)NC2CCOc3ccc(F)cc32)cc1. The standard InChI is InChI=1S/C19H20FNO3/c1-2-23-15-6-3-13(4-7-15)11-19(22)21-17-9-10-24-18-8-5-14(20)12-16(17)18/h3-8,12,17H,2,9-11H2,1H3,(H,21,22). The van der Waals surface area contributed by atoms with E-state index in [1.807, 2.05) is 31.2 Å². The van der Waals surface area contributed by atoms with Crippen molar-refractivity contribution >= 4 is 5.91 Å². The van der Waals surface area contributed by atoms with Crippen molar-refractivity contribution in [1.82, 2.24) is 5.32 Å². The number of nitrogens with one attached hydrogen (secondary N) is 1. The molecule has 0 saturated carbocycles. The van der Waals surface area contributed by atoms with Gasteiger partial charge in [-0.3, -0.25) is 4.79 Å². The maximum atomic E-state index is 13.5. The van der Waals surface area contributed by atoms with Crippen molar-refractivity contribution in [3.63, 3.8) is 0 Å². The summed E-state index contributed by atoms with van der Waals surface area (Å²) in [5, 5.41) is 2.97. The zero-order valence-electron chi connectivity index (χ0n) is 13.5. The van der Waals surface area contributed by atoms with Crippen LogP contribution in [0.15, 0.2) is 42.5 Å². The molecule has 126 valence electrons. The molecular formula is C19H20FNO3. The maximum Gasteiger partial charge on any atom is 0.224 e. The smallest absolute Gasteiger partial charge is 0.224 e. The van der Waals surface area contributed by atoms with E-state index in [1.54, 1.807) is 6.07 Å². The summed E-state index contributed by atoms with van der Waals surface area (Å²) in [6.45, 7) is 3.04. The number of fused-ring (bicyclic) bond motifs is 1. The zero-order chi connectivity index (χ0) is 16.9. The fraction of sp³-hybridized carbons (Fsp3) is 0.316. The van der Waals surface area contributed by atoms with Crippen LogP contribution < -0.4 is 14.8 Å². The van der Waals surface area contributed by atoms with E-state index in [0.29, 0.717) is 30.9 Å². The van der Waals surface area contributed by atoms with E-state index in [4.69, 9.17) is 9.47 Å². The van der Waals surface area contributed by atoms with Crippen LogP contribution in [0.1, 0.15) is 30.5 Å². The molecule has 0 spiro atoms. The first-order valence-electron chi connectivity index (χ1n) is 8.09. The molecule has 1 N–H and O–H groups in total. The molecule has 0 saturated heterocycles. The van der Waals surface area contributed by atoms with Gasteiger partial charge in [-0.1, -0.05) is 12.1 Å². The highest BCUT2D eigenvalue weighted by atomic mass is 19.1. The third kappa shape index (κ3) is 3.85. The quantitative estimate of drug-likeness (QED) is 0.914. The molecule has 24 heavy (non-hydrogen) atoms. The Morgan fingerprint density at radius 1 is 1.29 bits per heavy atom. The Hall–Kier alpha value is -2.56. The van der Waals surface area contributed by atoms with E-state index in [2.05, 4.69) is 5.32 Å². The van der Waals surface area contributed by atoms with E-state index in [9.17, 15) is 9.18 Å². The first-order chi connectivity index (χ1) is 11.7. The lowest BCUT2D eigenvalue weighted by Crippen LogP contribution is -2.33. The summed E-state index contributed by atoms with van der Waals surface area (Å²) in [5.74, 6) is 0.996. The van der Waals surface area contributed by atoms with Crippen LogP contribution in [-0.4, -0.2) is 19.1 Å². The average molecular weight is 329 g/mol. The minimum atomic E-state index is -0.329. The van der Waals surface area contributed by atoms with E-state index < -0.39 is 0 Å². The van der Waals surface area contributed by atoms with Gasteiger partial charge in [-0.25, -0.2) is 4.39 Å². The number of carbonyl (C=O) groups is 1. The van der Waals surface area contributed by atoms with Crippen LogP contribution in [0.4, 0.5) is 4.39 Å². The Bertz CT molecular complexity index is 715. The molecule has 4 nitrogen and oxygen atoms in total. The van der Waals surface area contributed by atoms with Gasteiger partial charge in [-0.2, -0.15) is 0 Å². The largest absolute Gasteiger partial charge is 0.494 e. The van der Waals surface area contributed by atoms with Gasteiger partial charge >= 0.3 is 0 Å². The number of carbonyl (C=O) groups excluding carboxylic acids is 1. The van der Waals surface area contributed by atoms with Gasteiger partial charge in [0.15, 0.2) is 0 Å². The third-order valence-electron chi connectivity index (χ3n) is 3.95. The summed E-state index contributed by atoms with van der Waals surface area (Å²) in [6.07, 6.45) is 0.903. The minimum absolute atomic E-state index is 0.0960. The number of hydrogen-bond donors (Lipinski definition) is 1. The highest BCUT2D eigenvalue weighted by Crippen LogP contribution is 2.32. The lowest BCUT2D eigenvalue weighted by atomic mass is 10.00. The van der Waals surface area contributed by atoms with Gasteiger partial charge < -0.3 is 14.8 Å². The van der Waals surface area contributed by atoms with Crippen molar-refractivity contribution in [3.05, 3.63) is 59.4 Å². The Kier molecular flexibility index (Phi) is 4.99. The van der Waals surface area contributed by atoms with E-state index in [1.165, 1.54) is 12.1 Å². The molecule has 0 radical (unpaired) electrons. The highest BCUT2D eigenvalue weighted by Gasteiger charge is 2.23. The molecule has 1 amide bonds. The van der Waals surface area contributed by atoms with Gasteiger partial charge in [0.1, 0.15) is 17.3 Å². The van der Waals surface area contributed by atoms with Gasteiger partial charge in [-0.15, -0.1) is 0 Å². The van der Waals surface area contributed by atoms with Gasteiger partial charge in [-0.05, 0) is 42.8 Å². The van der Waals surface area contributed by atoms with Crippen LogP contribution in [-0.2, 0) is 11.2 Å². The third-order valence-corrected chi connectivity index (χ3v) is 3.95. The molecule has 2 aromatic carbocycles. The van der Waals surface area contributed by atoms with Crippen molar-refractivity contribution < 1.29 is 18.7 Å². The first-order valence-corrected chi connectivity index (χ1v) is 8.09. The molecule has 0 aliphatic carbocycles. The van der Waals surface area contributed by atoms with Crippen molar-refractivity contribution in [1.29, 1.82) is 0 Å². The Morgan fingerprint density at radius 3 is 2.83 bits per heavy atom. The second-order valence-electron chi connectivity index (χ2n) is 5.69. The second kappa shape index (κ2) is 7.34. The molecule has 2 aromatic rings. The number of hydrogen-bond acceptors (Lipinski definition) is 3. The summed E-state index contributed by atoms with van der Waals surface area (Å²) in [6, 6.07) is 11.6. The molecule has 1 heterocycles. The summed E-state index contributed by atoms with van der Waals surface area (Å²) < 4.78 is 24.4. The van der Waals surface area contributed by atoms with E-state index in [0.717, 1.165) is 11.3 Å². The van der Waals surface area contributed by atoms with Crippen molar-refractivity contribution in [2.45, 2.75) is 25.8 Å². The topological polar surface area (TPSA) is 47.6 Å². The van der Waals surface area contributed by atoms with Crippen LogP contribution in [0.3, 0.4) is 0 Å². The molecule has 1 aliphatic heterocycles. The van der Waals surface area contributed by atoms with Crippen LogP contribution in [0.2, 0.25) is 0 Å². The van der Waals surface area contributed by atoms with Crippen LogP contribution in [0.5, 0.6) is 11.5 Å². The number of rotatable bonds is 5. The number of amides is 1. The summed E-state index contributed by atoms with van der Waals surface area (Å²) in [5.41, 5.74) is 1.60. The van der Waals surface area contributed by atoms with Crippen molar-refractivity contribution in [3.8, 4) is 11.5 Å². The summed E-state index contributed by atoms with van der Waals surface area (Å²) in [7, 11) is 0. The number of benzene rings is 2. The molecule has 0 fully saturated rings. The van der Waals surface area contributed by atoms with Crippen molar-refractivity contribution in [2.24, 2.45) is 0 Å². The molecule has 0 aromatic heterocycles. The van der Waals surface area contributed by atoms with Crippen molar-refractivity contribution in [2.75, 3.05) is 13.2 Å². The number of halogens is 1. The molecule has 1 atom stereocenters. The average Bonchev–Trinajstić information content (AvgIpc) is 2.57. The monoisotopic (exact) mass is 329 g/mol. The molecule has 5 heteroatoms. The van der Waals surface area contributed by atoms with Gasteiger partial charge in [0.2, 0.25) is 5.91 Å². The van der Waals surface area contributed by atoms with Gasteiger partial charge in [0.05, 0.1) is 25.7 Å². The van der Waals surface area contributed by atoms with E-state index in [-0.39, 0.29) is 24.2 Å². The minimum Gasteiger partial charge on any atom is -0.494 e. The fourth-order valence-corrected chi connectivity index (χ4v) is 2.82. The lowest BCUT2D eigenvalue weighted by Gasteiger charge is -2.26. The van der Waals surface area contributed by atoms with Crippen LogP contribution in [0.25, 0.3) is 0 Å². The van der Waals surface area contributed by atoms with E-state index >= 15 is 0 Å². The summed E-state index contributed by atoms with van der Waals surface area (Å²) >= 11 is 0. The predicted molar refractivity (Wildman–Crippen MR) is 88.7 cm³/mol. The first kappa shape index (κ1) is 16.3.